The van der Waals surface area contributed by atoms with E-state index < -0.39 is 0 Å². The van der Waals surface area contributed by atoms with Crippen LogP contribution in [0.2, 0.25) is 20.1 Å². The molecule has 0 saturated carbocycles. The molecule has 0 bridgehead atoms. The number of hydrogen-bond donors (Lipinski definition) is 0. The summed E-state index contributed by atoms with van der Waals surface area (Å²) in [7, 11) is 0. The highest BCUT2D eigenvalue weighted by molar-refractivity contribution is 6.35. The van der Waals surface area contributed by atoms with Gasteiger partial charge in [0.05, 0.1) is 12.0 Å². The minimum Gasteiger partial charge on any atom is -0.198 e. The van der Waals surface area contributed by atoms with Crippen molar-refractivity contribution in [1.29, 1.82) is 5.26 Å². The van der Waals surface area contributed by atoms with Crippen molar-refractivity contribution in [2.45, 2.75) is 18.8 Å². The maximum Gasteiger partial charge on any atom is 0.0730 e. The predicted octanol–water partition coefficient (Wildman–Crippen LogP) is 6.54. The Morgan fingerprint density at radius 3 is 2.10 bits per heavy atom. The van der Waals surface area contributed by atoms with Gasteiger partial charge in [0.25, 0.3) is 0 Å². The minimum absolute atomic E-state index is 0.304. The fraction of sp³-hybridized carbons (Fsp3) is 0.188. The number of aryl methyl sites for hydroxylation is 1. The van der Waals surface area contributed by atoms with E-state index in [1.54, 1.807) is 30.3 Å². The van der Waals surface area contributed by atoms with Crippen LogP contribution in [0.4, 0.5) is 0 Å². The molecular weight excluding hydrogens is 348 g/mol. The first-order valence-electron chi connectivity index (χ1n) is 6.29. The molecule has 0 aliphatic carbocycles. The van der Waals surface area contributed by atoms with Crippen LogP contribution in [0.5, 0.6) is 0 Å². The largest absolute Gasteiger partial charge is 0.198 e. The summed E-state index contributed by atoms with van der Waals surface area (Å²) in [5.41, 5.74) is 1.75. The van der Waals surface area contributed by atoms with Crippen molar-refractivity contribution >= 4 is 46.4 Å². The molecule has 0 radical (unpaired) electrons. The number of rotatable bonds is 4. The molecule has 0 aromatic heterocycles. The van der Waals surface area contributed by atoms with Crippen LogP contribution in [-0.4, -0.2) is 0 Å². The Balaban J connectivity index is 2.15. The van der Waals surface area contributed by atoms with Gasteiger partial charge in [0.2, 0.25) is 0 Å². The fourth-order valence-corrected chi connectivity index (χ4v) is 3.14. The molecule has 2 aromatic rings. The fourth-order valence-electron chi connectivity index (χ4n) is 2.10. The highest BCUT2D eigenvalue weighted by Crippen LogP contribution is 2.31. The summed E-state index contributed by atoms with van der Waals surface area (Å²) in [5, 5.41) is 11.6. The van der Waals surface area contributed by atoms with Crippen molar-refractivity contribution in [3.63, 3.8) is 0 Å². The van der Waals surface area contributed by atoms with E-state index in [0.717, 1.165) is 11.1 Å². The summed E-state index contributed by atoms with van der Waals surface area (Å²) in [4.78, 5) is 0. The monoisotopic (exact) mass is 357 g/mol. The van der Waals surface area contributed by atoms with Gasteiger partial charge in [-0.1, -0.05) is 58.5 Å². The van der Waals surface area contributed by atoms with Gasteiger partial charge in [-0.25, -0.2) is 0 Å². The standard InChI is InChI=1S/C16H11Cl4N/c17-12-4-3-10(15(19)7-12)1-2-11(9-21)14-6-5-13(18)8-16(14)20/h3-8,11H,1-2H2. The lowest BCUT2D eigenvalue weighted by Crippen LogP contribution is -2.00. The van der Waals surface area contributed by atoms with Crippen molar-refractivity contribution < 1.29 is 0 Å². The van der Waals surface area contributed by atoms with Crippen LogP contribution >= 0.6 is 46.4 Å². The molecule has 1 unspecified atom stereocenters. The van der Waals surface area contributed by atoms with Crippen molar-refractivity contribution in [2.24, 2.45) is 0 Å². The Labute approximate surface area is 144 Å². The molecule has 0 spiro atoms. The van der Waals surface area contributed by atoms with Gasteiger partial charge >= 0.3 is 0 Å². The smallest absolute Gasteiger partial charge is 0.0730 e. The maximum absolute atomic E-state index is 9.37. The summed E-state index contributed by atoms with van der Waals surface area (Å²) in [6.45, 7) is 0. The van der Waals surface area contributed by atoms with E-state index in [-0.39, 0.29) is 5.92 Å². The third-order valence-electron chi connectivity index (χ3n) is 3.21. The molecule has 108 valence electrons. The number of benzene rings is 2. The number of hydrogen-bond acceptors (Lipinski definition) is 1. The minimum atomic E-state index is -0.304. The molecule has 2 rings (SSSR count). The Morgan fingerprint density at radius 2 is 1.52 bits per heavy atom. The summed E-state index contributed by atoms with van der Waals surface area (Å²) >= 11 is 24.0. The predicted molar refractivity (Wildman–Crippen MR) is 89.6 cm³/mol. The summed E-state index contributed by atoms with van der Waals surface area (Å²) < 4.78 is 0. The highest BCUT2D eigenvalue weighted by Gasteiger charge is 2.15. The molecule has 0 aliphatic rings. The lowest BCUT2D eigenvalue weighted by molar-refractivity contribution is 0.746. The first-order chi connectivity index (χ1) is 10.0. The normalized spacial score (nSPS) is 12.0. The van der Waals surface area contributed by atoms with Gasteiger partial charge in [-0.2, -0.15) is 5.26 Å². The van der Waals surface area contributed by atoms with Crippen LogP contribution in [-0.2, 0) is 6.42 Å². The molecule has 0 aliphatic heterocycles. The van der Waals surface area contributed by atoms with Crippen LogP contribution in [0.3, 0.4) is 0 Å². The van der Waals surface area contributed by atoms with E-state index in [1.807, 2.05) is 6.07 Å². The Morgan fingerprint density at radius 1 is 0.905 bits per heavy atom. The van der Waals surface area contributed by atoms with Gasteiger partial charge in [-0.3, -0.25) is 0 Å². The van der Waals surface area contributed by atoms with Crippen LogP contribution in [0, 0.1) is 11.3 Å². The SMILES string of the molecule is N#CC(CCc1ccc(Cl)cc1Cl)c1ccc(Cl)cc1Cl. The lowest BCUT2D eigenvalue weighted by atomic mass is 9.93. The van der Waals surface area contributed by atoms with Crippen molar-refractivity contribution in [3.05, 3.63) is 67.6 Å². The molecule has 0 amide bonds. The average Bonchev–Trinajstić information content (AvgIpc) is 2.43. The van der Waals surface area contributed by atoms with Gasteiger partial charge in [-0.05, 0) is 48.2 Å². The van der Waals surface area contributed by atoms with Crippen molar-refractivity contribution in [1.82, 2.24) is 0 Å². The summed E-state index contributed by atoms with van der Waals surface area (Å²) in [6.07, 6.45) is 1.30. The van der Waals surface area contributed by atoms with Gasteiger partial charge in [0.15, 0.2) is 0 Å². The van der Waals surface area contributed by atoms with E-state index in [1.165, 1.54) is 0 Å². The first kappa shape index (κ1) is 16.5. The van der Waals surface area contributed by atoms with E-state index in [2.05, 4.69) is 6.07 Å². The summed E-state index contributed by atoms with van der Waals surface area (Å²) in [5.74, 6) is -0.304. The lowest BCUT2D eigenvalue weighted by Gasteiger charge is -2.12. The van der Waals surface area contributed by atoms with Crippen LogP contribution in [0.25, 0.3) is 0 Å². The van der Waals surface area contributed by atoms with E-state index in [4.69, 9.17) is 46.4 Å². The Bertz CT molecular complexity index is 691. The topological polar surface area (TPSA) is 23.8 Å². The molecule has 0 saturated heterocycles. The summed E-state index contributed by atoms with van der Waals surface area (Å²) in [6, 6.07) is 12.8. The van der Waals surface area contributed by atoms with E-state index in [9.17, 15) is 5.26 Å². The molecule has 0 heterocycles. The van der Waals surface area contributed by atoms with Gasteiger partial charge < -0.3 is 0 Å². The second kappa shape index (κ2) is 7.38. The van der Waals surface area contributed by atoms with E-state index in [0.29, 0.717) is 32.9 Å². The zero-order chi connectivity index (χ0) is 15.4. The molecular formula is C16H11Cl4N. The zero-order valence-electron chi connectivity index (χ0n) is 10.9. The van der Waals surface area contributed by atoms with Crippen LogP contribution in [0.15, 0.2) is 36.4 Å². The number of nitrogens with zero attached hydrogens (tertiary/aromatic N) is 1. The third-order valence-corrected chi connectivity index (χ3v) is 4.36. The molecule has 1 nitrogen and oxygen atoms in total. The zero-order valence-corrected chi connectivity index (χ0v) is 13.9. The first-order valence-corrected chi connectivity index (χ1v) is 7.81. The van der Waals surface area contributed by atoms with Crippen LogP contribution < -0.4 is 0 Å². The second-order valence-electron chi connectivity index (χ2n) is 4.62. The molecule has 5 heteroatoms. The second-order valence-corrected chi connectivity index (χ2v) is 6.31. The van der Waals surface area contributed by atoms with Crippen molar-refractivity contribution in [3.8, 4) is 6.07 Å². The number of halogens is 4. The van der Waals surface area contributed by atoms with Gasteiger partial charge in [-0.15, -0.1) is 0 Å². The van der Waals surface area contributed by atoms with Crippen LogP contribution in [0.1, 0.15) is 23.5 Å². The molecule has 21 heavy (non-hydrogen) atoms. The maximum atomic E-state index is 9.37. The van der Waals surface area contributed by atoms with Crippen molar-refractivity contribution in [2.75, 3.05) is 0 Å². The molecule has 0 fully saturated rings. The highest BCUT2D eigenvalue weighted by atomic mass is 35.5. The molecule has 1 atom stereocenters. The molecule has 0 N–H and O–H groups in total. The van der Waals surface area contributed by atoms with Gasteiger partial charge in [0, 0.05) is 20.1 Å². The number of nitriles is 1. The molecule has 2 aromatic carbocycles. The Hall–Kier alpha value is -0.910. The average molecular weight is 359 g/mol. The third kappa shape index (κ3) is 4.28. The van der Waals surface area contributed by atoms with E-state index >= 15 is 0 Å². The quantitative estimate of drug-likeness (QED) is 0.608. The Kier molecular flexibility index (Phi) is 5.79. The van der Waals surface area contributed by atoms with Gasteiger partial charge in [0.1, 0.15) is 0 Å².